The molecule has 5 rings (SSSR count). The number of methoxy groups -OCH3 is 1. The number of fused-ring (bicyclic) bond motifs is 4. The predicted molar refractivity (Wildman–Crippen MR) is 136 cm³/mol. The summed E-state index contributed by atoms with van der Waals surface area (Å²) >= 11 is 0. The second-order valence-corrected chi connectivity index (χ2v) is 10.9. The lowest BCUT2D eigenvalue weighted by molar-refractivity contribution is -0.131. The first-order valence-electron chi connectivity index (χ1n) is 13.1. The normalized spacial score (nSPS) is 31.5. The maximum Gasteiger partial charge on any atom is 0.162 e. The van der Waals surface area contributed by atoms with Gasteiger partial charge in [-0.3, -0.25) is 9.59 Å². The van der Waals surface area contributed by atoms with Gasteiger partial charge in [-0.1, -0.05) is 30.6 Å². The van der Waals surface area contributed by atoms with Crippen LogP contribution in [0.25, 0.3) is 0 Å². The van der Waals surface area contributed by atoms with Gasteiger partial charge in [-0.2, -0.15) is 0 Å². The molecule has 0 radical (unpaired) electrons. The van der Waals surface area contributed by atoms with Crippen molar-refractivity contribution < 1.29 is 19.1 Å². The Morgan fingerprint density at radius 1 is 1.11 bits per heavy atom. The van der Waals surface area contributed by atoms with Gasteiger partial charge in [0.25, 0.3) is 0 Å². The van der Waals surface area contributed by atoms with Crippen molar-refractivity contribution in [3.8, 4) is 17.6 Å². The number of ether oxygens (including phenoxy) is 2. The molecule has 0 spiro atoms. The fourth-order valence-electron chi connectivity index (χ4n) is 7.70. The van der Waals surface area contributed by atoms with E-state index in [4.69, 9.17) is 9.47 Å². The summed E-state index contributed by atoms with van der Waals surface area (Å²) in [7, 11) is 1.70. The second-order valence-electron chi connectivity index (χ2n) is 10.9. The summed E-state index contributed by atoms with van der Waals surface area (Å²) in [5.74, 6) is 8.35. The molecule has 4 aliphatic rings. The zero-order valence-electron chi connectivity index (χ0n) is 21.2. The summed E-state index contributed by atoms with van der Waals surface area (Å²) in [4.78, 5) is 25.6. The molecule has 0 bridgehead atoms. The molecule has 4 nitrogen and oxygen atoms in total. The molecule has 5 atom stereocenters. The van der Waals surface area contributed by atoms with Gasteiger partial charge in [0.15, 0.2) is 11.6 Å². The first-order chi connectivity index (χ1) is 17.0. The molecule has 4 heteroatoms. The Morgan fingerprint density at radius 2 is 1.91 bits per heavy atom. The second kappa shape index (κ2) is 9.78. The first-order valence-corrected chi connectivity index (χ1v) is 13.1. The SMILES string of the molecule is CC#CCOCC(=O)[C@H]1CC[C@H]2[C@@H]3CCC4=CC(=O)CCC4=C3[C@@H](c3ccc(OC)cc3)C[C@]12C. The van der Waals surface area contributed by atoms with Gasteiger partial charge in [0.2, 0.25) is 0 Å². The predicted octanol–water partition coefficient (Wildman–Crippen LogP) is 5.82. The van der Waals surface area contributed by atoms with Gasteiger partial charge in [0.1, 0.15) is 19.0 Å². The number of rotatable bonds is 6. The number of benzene rings is 1. The lowest BCUT2D eigenvalue weighted by Crippen LogP contribution is -2.45. The minimum Gasteiger partial charge on any atom is -0.497 e. The van der Waals surface area contributed by atoms with Crippen LogP contribution in [0.4, 0.5) is 0 Å². The molecule has 0 aromatic heterocycles. The van der Waals surface area contributed by atoms with Crippen LogP contribution < -0.4 is 4.74 Å². The molecular formula is C31H36O4. The van der Waals surface area contributed by atoms with Crippen molar-refractivity contribution in [3.63, 3.8) is 0 Å². The van der Waals surface area contributed by atoms with Gasteiger partial charge in [-0.25, -0.2) is 0 Å². The van der Waals surface area contributed by atoms with Gasteiger partial charge < -0.3 is 9.47 Å². The highest BCUT2D eigenvalue weighted by molar-refractivity contribution is 5.93. The van der Waals surface area contributed by atoms with Crippen molar-refractivity contribution in [2.75, 3.05) is 20.3 Å². The molecule has 0 heterocycles. The average Bonchev–Trinajstić information content (AvgIpc) is 3.22. The molecular weight excluding hydrogens is 436 g/mol. The monoisotopic (exact) mass is 472 g/mol. The number of ketones is 2. The number of carbonyl (C=O) groups excluding carboxylic acids is 2. The van der Waals surface area contributed by atoms with Crippen molar-refractivity contribution in [1.29, 1.82) is 0 Å². The number of hydrogen-bond acceptors (Lipinski definition) is 4. The maximum atomic E-state index is 13.4. The third kappa shape index (κ3) is 4.29. The molecule has 35 heavy (non-hydrogen) atoms. The number of carbonyl (C=O) groups is 2. The fraction of sp³-hybridized carbons (Fsp3) is 0.548. The maximum absolute atomic E-state index is 13.4. The first kappa shape index (κ1) is 24.1. The Kier molecular flexibility index (Phi) is 6.73. The smallest absolute Gasteiger partial charge is 0.162 e. The number of allylic oxidation sites excluding steroid dienone is 4. The Hall–Kier alpha value is -2.64. The molecule has 4 aliphatic carbocycles. The van der Waals surface area contributed by atoms with E-state index in [1.165, 1.54) is 16.7 Å². The fourth-order valence-corrected chi connectivity index (χ4v) is 7.70. The van der Waals surface area contributed by atoms with Gasteiger partial charge in [-0.15, -0.1) is 5.92 Å². The molecule has 0 amide bonds. The zero-order chi connectivity index (χ0) is 24.6. The number of Topliss-reactive ketones (excluding diaryl/α,β-unsaturated/α-hetero) is 1. The Balaban J connectivity index is 1.53. The van der Waals surface area contributed by atoms with E-state index in [9.17, 15) is 9.59 Å². The lowest BCUT2D eigenvalue weighted by Gasteiger charge is -2.52. The molecule has 0 unspecified atom stereocenters. The van der Waals surface area contributed by atoms with Crippen molar-refractivity contribution in [3.05, 3.63) is 52.6 Å². The summed E-state index contributed by atoms with van der Waals surface area (Å²) < 4.78 is 11.0. The van der Waals surface area contributed by atoms with Crippen molar-refractivity contribution >= 4 is 11.6 Å². The van der Waals surface area contributed by atoms with Crippen LogP contribution in [0.15, 0.2) is 47.1 Å². The number of hydrogen-bond donors (Lipinski definition) is 0. The van der Waals surface area contributed by atoms with Crippen molar-refractivity contribution in [2.24, 2.45) is 23.2 Å². The van der Waals surface area contributed by atoms with E-state index in [0.29, 0.717) is 24.9 Å². The average molecular weight is 473 g/mol. The summed E-state index contributed by atoms with van der Waals surface area (Å²) in [5, 5.41) is 0. The highest BCUT2D eigenvalue weighted by Crippen LogP contribution is 2.65. The minimum atomic E-state index is -0.0537. The zero-order valence-corrected chi connectivity index (χ0v) is 21.2. The van der Waals surface area contributed by atoms with Gasteiger partial charge in [0.05, 0.1) is 7.11 Å². The third-order valence-corrected chi connectivity index (χ3v) is 9.23. The summed E-state index contributed by atoms with van der Waals surface area (Å²) in [6, 6.07) is 8.49. The molecule has 184 valence electrons. The summed E-state index contributed by atoms with van der Waals surface area (Å²) in [6.07, 6.45) is 8.45. The molecule has 0 aliphatic heterocycles. The van der Waals surface area contributed by atoms with E-state index in [1.54, 1.807) is 19.6 Å². The van der Waals surface area contributed by atoms with E-state index >= 15 is 0 Å². The van der Waals surface area contributed by atoms with Gasteiger partial charge in [0, 0.05) is 18.3 Å². The van der Waals surface area contributed by atoms with Gasteiger partial charge in [-0.05, 0) is 97.6 Å². The van der Waals surface area contributed by atoms with Crippen LogP contribution >= 0.6 is 0 Å². The van der Waals surface area contributed by atoms with Crippen LogP contribution in [0.5, 0.6) is 5.75 Å². The van der Waals surface area contributed by atoms with E-state index in [2.05, 4.69) is 30.9 Å². The highest BCUT2D eigenvalue weighted by atomic mass is 16.5. The standard InChI is InChI=1S/C31H36O4/c1-4-5-16-35-19-29(33)28-15-14-27-25-12-8-21-17-22(32)9-13-24(21)30(25)26(18-31(27,28)2)20-6-10-23(34-3)11-7-20/h6-7,10-11,17,25-28H,8-9,12-16,18-19H2,1-3H3/t25-,26+,27-,28+,31-/m0/s1. The van der Waals surface area contributed by atoms with Crippen LogP contribution in [-0.2, 0) is 14.3 Å². The Morgan fingerprint density at radius 3 is 2.66 bits per heavy atom. The van der Waals surface area contributed by atoms with Crippen LogP contribution in [-0.4, -0.2) is 31.9 Å². The van der Waals surface area contributed by atoms with E-state index in [1.807, 2.05) is 18.2 Å². The molecule has 1 aromatic rings. The summed E-state index contributed by atoms with van der Waals surface area (Å²) in [5.41, 5.74) is 5.52. The Bertz CT molecular complexity index is 1130. The summed E-state index contributed by atoms with van der Waals surface area (Å²) in [6.45, 7) is 4.62. The highest BCUT2D eigenvalue weighted by Gasteiger charge is 2.58. The van der Waals surface area contributed by atoms with E-state index in [-0.39, 0.29) is 35.4 Å². The minimum absolute atomic E-state index is 0.0271. The van der Waals surface area contributed by atoms with Crippen LogP contribution in [0, 0.1) is 35.0 Å². The van der Waals surface area contributed by atoms with E-state index in [0.717, 1.165) is 44.3 Å². The van der Waals surface area contributed by atoms with E-state index < -0.39 is 0 Å². The molecule has 2 saturated carbocycles. The largest absolute Gasteiger partial charge is 0.497 e. The van der Waals surface area contributed by atoms with Crippen LogP contribution in [0.1, 0.15) is 70.3 Å². The molecule has 0 saturated heterocycles. The topological polar surface area (TPSA) is 52.6 Å². The molecule has 0 N–H and O–H groups in total. The molecule has 2 fully saturated rings. The lowest BCUT2D eigenvalue weighted by atomic mass is 9.51. The quantitative estimate of drug-likeness (QED) is 0.387. The van der Waals surface area contributed by atoms with Gasteiger partial charge >= 0.3 is 0 Å². The van der Waals surface area contributed by atoms with Crippen LogP contribution in [0.3, 0.4) is 0 Å². The van der Waals surface area contributed by atoms with Crippen molar-refractivity contribution in [1.82, 2.24) is 0 Å². The van der Waals surface area contributed by atoms with Crippen molar-refractivity contribution in [2.45, 2.75) is 64.7 Å². The molecule has 1 aromatic carbocycles. The third-order valence-electron chi connectivity index (χ3n) is 9.23. The Labute approximate surface area is 209 Å². The van der Waals surface area contributed by atoms with Crippen LogP contribution in [0.2, 0.25) is 0 Å².